The number of halogens is 4. The summed E-state index contributed by atoms with van der Waals surface area (Å²) >= 11 is 0. The third-order valence-electron chi connectivity index (χ3n) is 6.29. The maximum absolute atomic E-state index is 13.0. The number of nitrogens with zero attached hydrogens (tertiary/aromatic N) is 2. The highest BCUT2D eigenvalue weighted by Crippen LogP contribution is 2.32. The van der Waals surface area contributed by atoms with Gasteiger partial charge in [-0.15, -0.1) is 0 Å². The molecule has 1 fully saturated rings. The molecule has 0 saturated carbocycles. The lowest BCUT2D eigenvalue weighted by atomic mass is 10.0. The van der Waals surface area contributed by atoms with Crippen LogP contribution >= 0.6 is 0 Å². The number of benzene rings is 2. The minimum absolute atomic E-state index is 0.0193. The van der Waals surface area contributed by atoms with Crippen LogP contribution in [0.3, 0.4) is 0 Å². The molecule has 1 aliphatic rings. The number of nitrogens with one attached hydrogen (secondary N) is 1. The first-order valence-electron chi connectivity index (χ1n) is 12.1. The molecule has 206 valence electrons. The van der Waals surface area contributed by atoms with Gasteiger partial charge in [-0.1, -0.05) is 19.1 Å². The zero-order valence-electron chi connectivity index (χ0n) is 20.7. The van der Waals surface area contributed by atoms with Gasteiger partial charge in [-0.2, -0.15) is 22.8 Å². The number of hydrogen-bond acceptors (Lipinski definition) is 6. The number of amides is 1. The van der Waals surface area contributed by atoms with Crippen LogP contribution in [-0.2, 0) is 20.3 Å². The molecule has 0 spiro atoms. The van der Waals surface area contributed by atoms with E-state index in [2.05, 4.69) is 20.9 Å². The van der Waals surface area contributed by atoms with Crippen molar-refractivity contribution in [3.63, 3.8) is 0 Å². The van der Waals surface area contributed by atoms with Crippen LogP contribution in [-0.4, -0.2) is 54.4 Å². The highest BCUT2D eigenvalue weighted by molar-refractivity contribution is 7.85. The lowest BCUT2D eigenvalue weighted by molar-refractivity contribution is -0.134. The molecule has 1 saturated heterocycles. The predicted octanol–water partition coefficient (Wildman–Crippen LogP) is 5.01. The van der Waals surface area contributed by atoms with E-state index in [4.69, 9.17) is 0 Å². The van der Waals surface area contributed by atoms with Crippen molar-refractivity contribution < 1.29 is 36.0 Å². The Balaban J connectivity index is 1.74. The van der Waals surface area contributed by atoms with Gasteiger partial charge >= 0.3 is 13.2 Å². The maximum atomic E-state index is 13.0. The highest BCUT2D eigenvalue weighted by Gasteiger charge is 2.35. The second-order valence-electron chi connectivity index (χ2n) is 8.62. The number of anilines is 1. The average Bonchev–Trinajstić information content (AvgIpc) is 3.33. The Bertz CT molecular complexity index is 1090. The summed E-state index contributed by atoms with van der Waals surface area (Å²) in [6.07, 6.45) is 0.921. The Labute approximate surface area is 221 Å². The first-order chi connectivity index (χ1) is 18.2. The number of ether oxygens (including phenoxy) is 2. The van der Waals surface area contributed by atoms with Crippen LogP contribution in [0.2, 0.25) is 0 Å². The Morgan fingerprint density at radius 1 is 1.03 bits per heavy atom. The molecule has 3 rings (SSSR count). The highest BCUT2D eigenvalue weighted by atomic mass is 32.2. The van der Waals surface area contributed by atoms with E-state index in [1.165, 1.54) is 12.1 Å². The minimum Gasteiger partial charge on any atom is -0.361 e. The number of hydrogen-bond donors (Lipinski definition) is 1. The van der Waals surface area contributed by atoms with Gasteiger partial charge in [0.2, 0.25) is 0 Å². The fourth-order valence-electron chi connectivity index (χ4n) is 4.47. The molecule has 2 aromatic rings. The maximum Gasteiger partial charge on any atom is 0.345 e. The summed E-state index contributed by atoms with van der Waals surface area (Å²) in [7, 11) is -1.12. The summed E-state index contributed by atoms with van der Waals surface area (Å²) in [6, 6.07) is 13.7. The van der Waals surface area contributed by atoms with Gasteiger partial charge < -0.3 is 19.7 Å². The van der Waals surface area contributed by atoms with Gasteiger partial charge in [0.25, 0.3) is 5.91 Å². The SMILES string of the molecule is CCS(=O)c1ccc([C@H](CC#N)NC(=O)c2ccc(N3C(COC(F)F)CCC3COC(F)F)cc2)cc1. The quantitative estimate of drug-likeness (QED) is 0.349. The van der Waals surface area contributed by atoms with E-state index < -0.39 is 48.1 Å². The molecule has 2 aromatic carbocycles. The Morgan fingerprint density at radius 3 is 2.05 bits per heavy atom. The van der Waals surface area contributed by atoms with Gasteiger partial charge in [-0.05, 0) is 54.8 Å². The number of nitriles is 1. The van der Waals surface area contributed by atoms with Crippen molar-refractivity contribution in [1.29, 1.82) is 5.26 Å². The molecule has 1 heterocycles. The van der Waals surface area contributed by atoms with Crippen molar-refractivity contribution in [2.45, 2.75) is 62.4 Å². The van der Waals surface area contributed by atoms with E-state index in [1.807, 2.05) is 6.92 Å². The first kappa shape index (κ1) is 29.5. The second-order valence-corrected chi connectivity index (χ2v) is 10.4. The third-order valence-corrected chi connectivity index (χ3v) is 7.61. The molecule has 1 aliphatic heterocycles. The van der Waals surface area contributed by atoms with Crippen molar-refractivity contribution >= 4 is 22.4 Å². The van der Waals surface area contributed by atoms with E-state index >= 15 is 0 Å². The second kappa shape index (κ2) is 14.2. The van der Waals surface area contributed by atoms with Gasteiger partial charge in [-0.3, -0.25) is 9.00 Å². The molecule has 4 atom stereocenters. The molecule has 0 bridgehead atoms. The molecular weight excluding hydrogens is 526 g/mol. The standard InChI is InChI=1S/C26H29F4N3O4S/c1-2-38(35)22-11-5-17(6-12-22)23(13-14-31)32-24(34)18-3-7-19(8-4-18)33-20(15-36-25(27)28)9-10-21(33)16-37-26(29)30/h3-8,11-12,20-21,23,25-26H,2,9-10,13,15-16H2,1H3,(H,32,34)/t20?,21?,23-,38?/m0/s1. The van der Waals surface area contributed by atoms with Crippen LogP contribution < -0.4 is 10.2 Å². The van der Waals surface area contributed by atoms with E-state index in [9.17, 15) is 31.8 Å². The van der Waals surface area contributed by atoms with Crippen LogP contribution in [0.15, 0.2) is 53.4 Å². The lowest BCUT2D eigenvalue weighted by Gasteiger charge is -2.32. The zero-order chi connectivity index (χ0) is 27.7. The van der Waals surface area contributed by atoms with Gasteiger partial charge in [0.1, 0.15) is 0 Å². The Morgan fingerprint density at radius 2 is 1.58 bits per heavy atom. The fourth-order valence-corrected chi connectivity index (χ4v) is 5.24. The minimum atomic E-state index is -2.95. The molecule has 7 nitrogen and oxygen atoms in total. The van der Waals surface area contributed by atoms with Crippen molar-refractivity contribution in [2.24, 2.45) is 0 Å². The van der Waals surface area contributed by atoms with Crippen LogP contribution in [0.1, 0.15) is 48.1 Å². The Hall–Kier alpha value is -3.01. The molecule has 0 radical (unpaired) electrons. The third kappa shape index (κ3) is 7.99. The summed E-state index contributed by atoms with van der Waals surface area (Å²) < 4.78 is 71.4. The van der Waals surface area contributed by atoms with Crippen LogP contribution in [0.5, 0.6) is 0 Å². The molecule has 38 heavy (non-hydrogen) atoms. The largest absolute Gasteiger partial charge is 0.361 e. The average molecular weight is 556 g/mol. The topological polar surface area (TPSA) is 91.7 Å². The molecule has 0 aromatic heterocycles. The van der Waals surface area contributed by atoms with Crippen molar-refractivity contribution in [3.8, 4) is 6.07 Å². The number of carbonyl (C=O) groups excluding carboxylic acids is 1. The molecule has 0 aliphatic carbocycles. The van der Waals surface area contributed by atoms with Crippen LogP contribution in [0.25, 0.3) is 0 Å². The number of alkyl halides is 4. The molecule has 1 N–H and O–H groups in total. The first-order valence-corrected chi connectivity index (χ1v) is 13.4. The van der Waals surface area contributed by atoms with Crippen molar-refractivity contribution in [3.05, 3.63) is 59.7 Å². The van der Waals surface area contributed by atoms with E-state index in [1.54, 1.807) is 41.3 Å². The lowest BCUT2D eigenvalue weighted by Crippen LogP contribution is -2.41. The van der Waals surface area contributed by atoms with Crippen molar-refractivity contribution in [2.75, 3.05) is 23.9 Å². The van der Waals surface area contributed by atoms with E-state index in [0.29, 0.717) is 40.3 Å². The Kier molecular flexibility index (Phi) is 11.1. The summed E-state index contributed by atoms with van der Waals surface area (Å²) in [5.41, 5.74) is 1.53. The summed E-state index contributed by atoms with van der Waals surface area (Å²) in [5.74, 6) is 0.0417. The van der Waals surface area contributed by atoms with E-state index in [0.717, 1.165) is 0 Å². The summed E-state index contributed by atoms with van der Waals surface area (Å²) in [5, 5.41) is 12.1. The monoisotopic (exact) mass is 555 g/mol. The van der Waals surface area contributed by atoms with Gasteiger partial charge in [-0.25, -0.2) is 0 Å². The predicted molar refractivity (Wildman–Crippen MR) is 133 cm³/mol. The molecule has 12 heteroatoms. The van der Waals surface area contributed by atoms with Crippen LogP contribution in [0, 0.1) is 11.3 Å². The summed E-state index contributed by atoms with van der Waals surface area (Å²) in [6.45, 7) is -4.67. The normalized spacial score (nSPS) is 18.9. The van der Waals surface area contributed by atoms with Gasteiger partial charge in [0.15, 0.2) is 0 Å². The van der Waals surface area contributed by atoms with Gasteiger partial charge in [0.05, 0.1) is 54.6 Å². The number of rotatable bonds is 13. The fraction of sp³-hybridized carbons (Fsp3) is 0.462. The smallest absolute Gasteiger partial charge is 0.345 e. The molecule has 3 unspecified atom stereocenters. The van der Waals surface area contributed by atoms with Gasteiger partial charge in [0, 0.05) is 21.9 Å². The summed E-state index contributed by atoms with van der Waals surface area (Å²) in [4.78, 5) is 15.3. The molecular formula is C26H29F4N3O4S. The van der Waals surface area contributed by atoms with Crippen molar-refractivity contribution in [1.82, 2.24) is 5.32 Å². The van der Waals surface area contributed by atoms with Crippen LogP contribution in [0.4, 0.5) is 23.2 Å². The zero-order valence-corrected chi connectivity index (χ0v) is 21.5. The van der Waals surface area contributed by atoms with E-state index in [-0.39, 0.29) is 19.6 Å². The molecule has 1 amide bonds. The number of carbonyl (C=O) groups is 1.